The average molecular weight is 344 g/mol. The maximum atomic E-state index is 13.1. The molecule has 3 aromatic heterocycles. The molecular formula is C18H12N6O2. The first kappa shape index (κ1) is 14.5. The van der Waals surface area contributed by atoms with E-state index in [-0.39, 0.29) is 5.82 Å². The fraction of sp³-hybridized carbons (Fsp3) is 0.0556. The molecule has 1 unspecified atom stereocenters. The van der Waals surface area contributed by atoms with Gasteiger partial charge in [0.15, 0.2) is 5.82 Å². The summed E-state index contributed by atoms with van der Waals surface area (Å²) in [6.45, 7) is 0. The highest BCUT2D eigenvalue weighted by Gasteiger charge is 2.42. The number of hydrogen-bond donors (Lipinski definition) is 1. The molecule has 26 heavy (non-hydrogen) atoms. The van der Waals surface area contributed by atoms with Crippen molar-refractivity contribution in [1.82, 2.24) is 25.2 Å². The lowest BCUT2D eigenvalue weighted by molar-refractivity contribution is 0.177. The zero-order valence-electron chi connectivity index (χ0n) is 13.4. The van der Waals surface area contributed by atoms with E-state index < -0.39 is 18.2 Å². The lowest BCUT2D eigenvalue weighted by Crippen LogP contribution is -2.60. The Balaban J connectivity index is 1.62. The number of pyridine rings is 3. The van der Waals surface area contributed by atoms with E-state index in [1.54, 1.807) is 48.9 Å². The standard InChI is InChI=1S/C18H12N6O2/c25-17-22-16-12-4-2-8-20-14(12)6-10-23(16)18(26)24(17)15-11-3-1-7-19-13(11)5-9-21-15/h1-10,16H,(H,22,25). The van der Waals surface area contributed by atoms with Crippen LogP contribution in [0.5, 0.6) is 0 Å². The second-order valence-corrected chi connectivity index (χ2v) is 5.88. The number of anilines is 1. The molecular weight excluding hydrogens is 332 g/mol. The summed E-state index contributed by atoms with van der Waals surface area (Å²) in [6.07, 6.45) is 7.63. The first-order chi connectivity index (χ1) is 12.7. The molecule has 0 bridgehead atoms. The van der Waals surface area contributed by atoms with Crippen molar-refractivity contribution in [3.8, 4) is 0 Å². The Morgan fingerprint density at radius 2 is 1.81 bits per heavy atom. The second kappa shape index (κ2) is 5.35. The van der Waals surface area contributed by atoms with E-state index in [4.69, 9.17) is 0 Å². The van der Waals surface area contributed by atoms with Crippen molar-refractivity contribution < 1.29 is 9.59 Å². The Kier molecular flexibility index (Phi) is 2.99. The number of hydrogen-bond acceptors (Lipinski definition) is 5. The lowest BCUT2D eigenvalue weighted by atomic mass is 10.1. The first-order valence-corrected chi connectivity index (χ1v) is 8.00. The summed E-state index contributed by atoms with van der Waals surface area (Å²) in [5, 5.41) is 3.48. The van der Waals surface area contributed by atoms with Gasteiger partial charge in [0.05, 0.1) is 11.2 Å². The number of imide groups is 1. The third-order valence-electron chi connectivity index (χ3n) is 4.43. The number of nitrogens with one attached hydrogen (secondary N) is 1. The summed E-state index contributed by atoms with van der Waals surface area (Å²) in [5.41, 5.74) is 2.15. The number of fused-ring (bicyclic) bond motifs is 4. The molecule has 1 N–H and O–H groups in total. The SMILES string of the molecule is O=C1NC2c3cccnc3C=CN2C(=O)N1c1nccc2ncccc12. The summed E-state index contributed by atoms with van der Waals surface area (Å²) in [4.78, 5) is 41.1. The normalized spacial score (nSPS) is 18.5. The fourth-order valence-electron chi connectivity index (χ4n) is 3.24. The summed E-state index contributed by atoms with van der Waals surface area (Å²) in [5.74, 6) is 0.252. The van der Waals surface area contributed by atoms with Crippen molar-refractivity contribution >= 4 is 34.9 Å². The zero-order valence-corrected chi connectivity index (χ0v) is 13.4. The molecule has 5 rings (SSSR count). The maximum Gasteiger partial charge on any atom is 0.340 e. The summed E-state index contributed by atoms with van der Waals surface area (Å²) in [6, 6.07) is 7.85. The Labute approximate surface area is 147 Å². The van der Waals surface area contributed by atoms with E-state index in [0.29, 0.717) is 10.9 Å². The minimum absolute atomic E-state index is 0.252. The maximum absolute atomic E-state index is 13.1. The van der Waals surface area contributed by atoms with Crippen molar-refractivity contribution in [3.05, 3.63) is 66.4 Å². The van der Waals surface area contributed by atoms with Gasteiger partial charge in [-0.2, -0.15) is 4.90 Å². The highest BCUT2D eigenvalue weighted by molar-refractivity contribution is 6.18. The van der Waals surface area contributed by atoms with Crippen molar-refractivity contribution in [3.63, 3.8) is 0 Å². The smallest absolute Gasteiger partial charge is 0.312 e. The third-order valence-corrected chi connectivity index (χ3v) is 4.43. The Bertz CT molecular complexity index is 1090. The Hall–Kier alpha value is -3.81. The van der Waals surface area contributed by atoms with Crippen LogP contribution in [0, 0.1) is 0 Å². The zero-order chi connectivity index (χ0) is 17.7. The molecule has 8 nitrogen and oxygen atoms in total. The topological polar surface area (TPSA) is 91.3 Å². The van der Waals surface area contributed by atoms with Gasteiger partial charge in [-0.05, 0) is 30.3 Å². The monoisotopic (exact) mass is 344 g/mol. The molecule has 0 saturated carbocycles. The minimum atomic E-state index is -0.590. The van der Waals surface area contributed by atoms with Crippen LogP contribution in [0.4, 0.5) is 15.4 Å². The van der Waals surface area contributed by atoms with Crippen LogP contribution in [0.25, 0.3) is 17.0 Å². The molecule has 0 radical (unpaired) electrons. The molecule has 2 aliphatic heterocycles. The Morgan fingerprint density at radius 1 is 0.962 bits per heavy atom. The van der Waals surface area contributed by atoms with Crippen LogP contribution in [0.3, 0.4) is 0 Å². The quantitative estimate of drug-likeness (QED) is 0.733. The van der Waals surface area contributed by atoms with Gasteiger partial charge in [0.2, 0.25) is 0 Å². The number of carbonyl (C=O) groups excluding carboxylic acids is 2. The molecule has 1 fully saturated rings. The number of aromatic nitrogens is 3. The third kappa shape index (κ3) is 1.99. The predicted molar refractivity (Wildman–Crippen MR) is 93.8 cm³/mol. The molecule has 8 heteroatoms. The molecule has 4 amide bonds. The average Bonchev–Trinajstić information content (AvgIpc) is 2.68. The van der Waals surface area contributed by atoms with Gasteiger partial charge in [0.1, 0.15) is 6.17 Å². The fourth-order valence-corrected chi connectivity index (χ4v) is 3.24. The van der Waals surface area contributed by atoms with E-state index in [0.717, 1.165) is 16.2 Å². The molecule has 5 heterocycles. The van der Waals surface area contributed by atoms with Crippen LogP contribution in [-0.4, -0.2) is 31.9 Å². The first-order valence-electron chi connectivity index (χ1n) is 8.00. The second-order valence-electron chi connectivity index (χ2n) is 5.88. The van der Waals surface area contributed by atoms with Gasteiger partial charge in [-0.3, -0.25) is 14.9 Å². The van der Waals surface area contributed by atoms with Gasteiger partial charge in [0, 0.05) is 35.7 Å². The van der Waals surface area contributed by atoms with Gasteiger partial charge in [-0.1, -0.05) is 6.07 Å². The summed E-state index contributed by atoms with van der Waals surface area (Å²) < 4.78 is 0. The number of carbonyl (C=O) groups is 2. The van der Waals surface area contributed by atoms with Crippen molar-refractivity contribution in [2.24, 2.45) is 0 Å². The van der Waals surface area contributed by atoms with Crippen LogP contribution in [0.2, 0.25) is 0 Å². The number of rotatable bonds is 1. The van der Waals surface area contributed by atoms with E-state index in [2.05, 4.69) is 20.3 Å². The lowest BCUT2D eigenvalue weighted by Gasteiger charge is -2.40. The highest BCUT2D eigenvalue weighted by Crippen LogP contribution is 2.33. The Morgan fingerprint density at radius 3 is 2.73 bits per heavy atom. The van der Waals surface area contributed by atoms with E-state index in [9.17, 15) is 9.59 Å². The van der Waals surface area contributed by atoms with Crippen LogP contribution in [0.1, 0.15) is 17.4 Å². The van der Waals surface area contributed by atoms with Crippen LogP contribution in [0.15, 0.2) is 55.1 Å². The minimum Gasteiger partial charge on any atom is -0.312 e. The molecule has 2 aliphatic rings. The predicted octanol–water partition coefficient (Wildman–Crippen LogP) is 2.66. The highest BCUT2D eigenvalue weighted by atomic mass is 16.2. The van der Waals surface area contributed by atoms with Crippen molar-refractivity contribution in [2.45, 2.75) is 6.17 Å². The molecule has 1 saturated heterocycles. The van der Waals surface area contributed by atoms with Crippen molar-refractivity contribution in [1.29, 1.82) is 0 Å². The van der Waals surface area contributed by atoms with Crippen molar-refractivity contribution in [2.75, 3.05) is 4.90 Å². The molecule has 1 atom stereocenters. The molecule has 0 spiro atoms. The summed E-state index contributed by atoms with van der Waals surface area (Å²) >= 11 is 0. The molecule has 0 aliphatic carbocycles. The number of urea groups is 2. The number of amides is 4. The van der Waals surface area contributed by atoms with Gasteiger partial charge in [-0.15, -0.1) is 0 Å². The van der Waals surface area contributed by atoms with Crippen LogP contribution in [-0.2, 0) is 0 Å². The molecule has 0 aromatic carbocycles. The van der Waals surface area contributed by atoms with Crippen LogP contribution < -0.4 is 10.2 Å². The van der Waals surface area contributed by atoms with E-state index in [1.807, 2.05) is 6.07 Å². The molecule has 3 aromatic rings. The van der Waals surface area contributed by atoms with Gasteiger partial charge >= 0.3 is 12.1 Å². The van der Waals surface area contributed by atoms with Gasteiger partial charge < -0.3 is 5.32 Å². The summed E-state index contributed by atoms with van der Waals surface area (Å²) in [7, 11) is 0. The van der Waals surface area contributed by atoms with Crippen LogP contribution >= 0.6 is 0 Å². The largest absolute Gasteiger partial charge is 0.340 e. The number of nitrogens with zero attached hydrogens (tertiary/aromatic N) is 5. The molecule has 126 valence electrons. The van der Waals surface area contributed by atoms with Gasteiger partial charge in [-0.25, -0.2) is 14.6 Å². The van der Waals surface area contributed by atoms with E-state index in [1.165, 1.54) is 11.1 Å². The van der Waals surface area contributed by atoms with E-state index >= 15 is 0 Å². The van der Waals surface area contributed by atoms with Gasteiger partial charge in [0.25, 0.3) is 0 Å².